The maximum atomic E-state index is 13.0. The van der Waals surface area contributed by atoms with E-state index in [2.05, 4.69) is 13.8 Å². The topological polar surface area (TPSA) is 108 Å². The first kappa shape index (κ1) is 83.3. The van der Waals surface area contributed by atoms with E-state index in [1.807, 2.05) is 21.1 Å². The van der Waals surface area contributed by atoms with Gasteiger partial charge in [0, 0.05) is 12.8 Å². The summed E-state index contributed by atoms with van der Waals surface area (Å²) in [5.74, 6) is -1.96. The minimum atomic E-state index is -1.50. The van der Waals surface area contributed by atoms with Gasteiger partial charge in [0.15, 0.2) is 6.10 Å². The predicted molar refractivity (Wildman–Crippen MR) is 365 cm³/mol. The first-order chi connectivity index (χ1) is 41.6. The summed E-state index contributed by atoms with van der Waals surface area (Å²) in [6.45, 7) is 4.98. The van der Waals surface area contributed by atoms with Gasteiger partial charge in [0.1, 0.15) is 13.2 Å². The molecule has 9 heteroatoms. The van der Waals surface area contributed by atoms with Crippen molar-refractivity contribution in [2.24, 2.45) is 0 Å². The molecule has 0 aromatic heterocycles. The SMILES string of the molecule is CCCCCCCCCCCCCCCCCCCCCCCCCCCCCCCCCCCCCCCCC(=O)OC(COC(=O)CCCCCCCCCCCCCCCCCCCCCCCC)COC(OCC[N+](C)(C)C)C(=O)O. The number of carboxylic acid groups (broad SMARTS) is 1. The zero-order valence-electron chi connectivity index (χ0n) is 58.1. The lowest BCUT2D eigenvalue weighted by Crippen LogP contribution is -2.40. The van der Waals surface area contributed by atoms with E-state index in [4.69, 9.17) is 18.9 Å². The second-order valence-corrected chi connectivity index (χ2v) is 27.7. The minimum Gasteiger partial charge on any atom is -0.477 e. The molecule has 2 unspecified atom stereocenters. The lowest BCUT2D eigenvalue weighted by molar-refractivity contribution is -0.870. The van der Waals surface area contributed by atoms with Crippen LogP contribution in [-0.2, 0) is 33.3 Å². The Hall–Kier alpha value is -1.71. The van der Waals surface area contributed by atoms with Crippen LogP contribution in [0.2, 0.25) is 0 Å². The van der Waals surface area contributed by atoms with Gasteiger partial charge in [0.05, 0.1) is 34.4 Å². The average Bonchev–Trinajstić information content (AvgIpc) is 3.49. The van der Waals surface area contributed by atoms with E-state index in [-0.39, 0.29) is 38.2 Å². The maximum absolute atomic E-state index is 13.0. The Labute approximate surface area is 530 Å². The summed E-state index contributed by atoms with van der Waals surface area (Å²) >= 11 is 0. The van der Waals surface area contributed by atoms with Gasteiger partial charge in [-0.05, 0) is 12.8 Å². The number of carbonyl (C=O) groups is 3. The number of quaternary nitrogens is 1. The Kier molecular flexibility index (Phi) is 66.8. The number of rotatable bonds is 73. The van der Waals surface area contributed by atoms with Crippen molar-refractivity contribution in [1.82, 2.24) is 0 Å². The zero-order valence-corrected chi connectivity index (χ0v) is 58.1. The largest absolute Gasteiger partial charge is 0.477 e. The molecule has 0 aliphatic carbocycles. The number of aliphatic carboxylic acids is 1. The van der Waals surface area contributed by atoms with Gasteiger partial charge >= 0.3 is 17.9 Å². The molecule has 0 saturated heterocycles. The molecule has 0 heterocycles. The van der Waals surface area contributed by atoms with Crippen molar-refractivity contribution in [1.29, 1.82) is 0 Å². The van der Waals surface area contributed by atoms with Crippen molar-refractivity contribution >= 4 is 17.9 Å². The van der Waals surface area contributed by atoms with Crippen molar-refractivity contribution < 1.29 is 42.9 Å². The van der Waals surface area contributed by atoms with Crippen LogP contribution in [0.25, 0.3) is 0 Å². The van der Waals surface area contributed by atoms with Crippen molar-refractivity contribution in [3.8, 4) is 0 Å². The molecule has 9 nitrogen and oxygen atoms in total. The van der Waals surface area contributed by atoms with Gasteiger partial charge in [-0.25, -0.2) is 4.79 Å². The third kappa shape index (κ3) is 69.6. The highest BCUT2D eigenvalue weighted by atomic mass is 16.7. The van der Waals surface area contributed by atoms with Gasteiger partial charge in [-0.1, -0.05) is 386 Å². The number of carbonyl (C=O) groups excluding carboxylic acids is 2. The highest BCUT2D eigenvalue weighted by Gasteiger charge is 2.25. The van der Waals surface area contributed by atoms with Gasteiger partial charge in [-0.2, -0.15) is 0 Å². The normalized spacial score (nSPS) is 12.5. The monoisotopic (exact) mass is 1210 g/mol. The van der Waals surface area contributed by atoms with Gasteiger partial charge in [0.2, 0.25) is 0 Å². The quantitative estimate of drug-likeness (QED) is 0.0278. The molecule has 0 saturated carbocycles. The standard InChI is InChI=1S/C76H149NO8/c1-6-8-10-12-14-16-18-20-22-24-26-28-30-31-32-33-34-35-36-37-38-39-40-41-42-43-44-45-47-49-51-53-55-57-59-61-63-65-67-74(79)85-72(71-84-76(75(80)81)82-69-68-77(3,4)5)70-83-73(78)66-64-62-60-58-56-54-52-50-48-46-29-27-25-23-21-19-17-15-13-11-9-7-2/h72,76H,6-71H2,1-5H3/p+1. The number of likely N-dealkylation sites (N-methyl/N-ethyl adjacent to an activating group) is 1. The number of unbranched alkanes of at least 4 members (excludes halogenated alkanes) is 58. The summed E-state index contributed by atoms with van der Waals surface area (Å²) in [7, 11) is 6.00. The molecule has 0 fully saturated rings. The van der Waals surface area contributed by atoms with E-state index in [1.165, 1.54) is 347 Å². The Balaban J connectivity index is 3.93. The Bertz CT molecular complexity index is 1350. The van der Waals surface area contributed by atoms with Gasteiger partial charge in [-0.3, -0.25) is 9.59 Å². The van der Waals surface area contributed by atoms with Crippen LogP contribution in [0.15, 0.2) is 0 Å². The highest BCUT2D eigenvalue weighted by molar-refractivity contribution is 5.71. The molecule has 85 heavy (non-hydrogen) atoms. The van der Waals surface area contributed by atoms with Crippen LogP contribution >= 0.6 is 0 Å². The number of nitrogens with zero attached hydrogens (tertiary/aromatic N) is 1. The predicted octanol–water partition coefficient (Wildman–Crippen LogP) is 23.8. The van der Waals surface area contributed by atoms with Crippen LogP contribution < -0.4 is 0 Å². The highest BCUT2D eigenvalue weighted by Crippen LogP contribution is 2.20. The molecule has 0 aromatic rings. The van der Waals surface area contributed by atoms with Crippen LogP contribution in [0.5, 0.6) is 0 Å². The third-order valence-corrected chi connectivity index (χ3v) is 17.9. The molecule has 0 bridgehead atoms. The Morgan fingerprint density at radius 2 is 0.529 bits per heavy atom. The van der Waals surface area contributed by atoms with Gasteiger partial charge in [-0.15, -0.1) is 0 Å². The fourth-order valence-corrected chi connectivity index (χ4v) is 12.0. The molecule has 0 aliphatic rings. The van der Waals surface area contributed by atoms with Crippen molar-refractivity contribution in [2.75, 3.05) is 47.5 Å². The van der Waals surface area contributed by atoms with Crippen LogP contribution in [0.3, 0.4) is 0 Å². The fraction of sp³-hybridized carbons (Fsp3) is 0.961. The van der Waals surface area contributed by atoms with E-state index in [0.29, 0.717) is 17.4 Å². The van der Waals surface area contributed by atoms with E-state index < -0.39 is 18.4 Å². The Morgan fingerprint density at radius 1 is 0.306 bits per heavy atom. The lowest BCUT2D eigenvalue weighted by Gasteiger charge is -2.25. The zero-order chi connectivity index (χ0) is 61.9. The maximum Gasteiger partial charge on any atom is 0.361 e. The first-order valence-corrected chi connectivity index (χ1v) is 38.2. The van der Waals surface area contributed by atoms with E-state index in [1.54, 1.807) is 0 Å². The summed E-state index contributed by atoms with van der Waals surface area (Å²) in [4.78, 5) is 37.6. The summed E-state index contributed by atoms with van der Waals surface area (Å²) in [5.41, 5.74) is 0. The summed E-state index contributed by atoms with van der Waals surface area (Å²) in [5, 5.41) is 9.75. The summed E-state index contributed by atoms with van der Waals surface area (Å²) < 4.78 is 23.0. The number of esters is 2. The van der Waals surface area contributed by atoms with Crippen molar-refractivity contribution in [3.05, 3.63) is 0 Å². The molecule has 0 amide bonds. The third-order valence-electron chi connectivity index (χ3n) is 17.9. The number of hydrogen-bond acceptors (Lipinski definition) is 7. The second-order valence-electron chi connectivity index (χ2n) is 27.7. The molecular weight excluding hydrogens is 1050 g/mol. The van der Waals surface area contributed by atoms with Crippen LogP contribution in [0.4, 0.5) is 0 Å². The van der Waals surface area contributed by atoms with Gasteiger partial charge in [0.25, 0.3) is 6.29 Å². The lowest BCUT2D eigenvalue weighted by atomic mass is 10.0. The molecule has 0 spiro atoms. The molecule has 1 N–H and O–H groups in total. The summed E-state index contributed by atoms with van der Waals surface area (Å²) in [6, 6.07) is 0. The second kappa shape index (κ2) is 68.2. The smallest absolute Gasteiger partial charge is 0.361 e. The van der Waals surface area contributed by atoms with Crippen molar-refractivity contribution in [2.45, 2.75) is 424 Å². The molecule has 2 atom stereocenters. The van der Waals surface area contributed by atoms with E-state index >= 15 is 0 Å². The van der Waals surface area contributed by atoms with Crippen LogP contribution in [-0.4, -0.2) is 87.4 Å². The summed E-state index contributed by atoms with van der Waals surface area (Å²) in [6.07, 6.45) is 79.7. The van der Waals surface area contributed by atoms with Gasteiger partial charge < -0.3 is 28.5 Å². The number of ether oxygens (including phenoxy) is 4. The Morgan fingerprint density at radius 3 is 0.753 bits per heavy atom. The molecular formula is C76H150NO8+. The molecule has 506 valence electrons. The molecule has 0 radical (unpaired) electrons. The molecule has 0 rings (SSSR count). The molecule has 0 aromatic carbocycles. The molecule has 0 aliphatic heterocycles. The minimum absolute atomic E-state index is 0.172. The van der Waals surface area contributed by atoms with Crippen molar-refractivity contribution in [3.63, 3.8) is 0 Å². The van der Waals surface area contributed by atoms with E-state index in [9.17, 15) is 19.5 Å². The number of hydrogen-bond donors (Lipinski definition) is 1. The first-order valence-electron chi connectivity index (χ1n) is 38.2. The fourth-order valence-electron chi connectivity index (χ4n) is 12.0. The number of carboxylic acids is 1. The van der Waals surface area contributed by atoms with E-state index in [0.717, 1.165) is 38.5 Å². The average molecular weight is 1210 g/mol. The van der Waals surface area contributed by atoms with Crippen LogP contribution in [0.1, 0.15) is 412 Å². The van der Waals surface area contributed by atoms with Crippen LogP contribution in [0, 0.1) is 0 Å².